The van der Waals surface area contributed by atoms with E-state index in [1.54, 1.807) is 33.9 Å². The number of carbonyl (C=O) groups is 1. The molecule has 1 aromatic carbocycles. The molecule has 7 nitrogen and oxygen atoms in total. The van der Waals surface area contributed by atoms with E-state index in [2.05, 4.69) is 15.3 Å². The summed E-state index contributed by atoms with van der Waals surface area (Å²) in [5.74, 6) is -0.325. The summed E-state index contributed by atoms with van der Waals surface area (Å²) in [7, 11) is 0. The minimum Gasteiger partial charge on any atom is -0.357 e. The minimum absolute atomic E-state index is 0.0402. The predicted octanol–water partition coefficient (Wildman–Crippen LogP) is 1.42. The quantitative estimate of drug-likeness (QED) is 0.721. The molecule has 3 heterocycles. The molecule has 3 aromatic rings. The number of benzene rings is 1. The number of hydrogen-bond acceptors (Lipinski definition) is 5. The zero-order valence-corrected chi connectivity index (χ0v) is 13.8. The second-order valence-electron chi connectivity index (χ2n) is 6.10. The van der Waals surface area contributed by atoms with Crippen molar-refractivity contribution in [1.29, 1.82) is 0 Å². The van der Waals surface area contributed by atoms with Crippen LogP contribution in [0.5, 0.6) is 0 Å². The molecule has 0 bridgehead atoms. The topological polar surface area (TPSA) is 66.6 Å². The molecule has 128 valence electrons. The third-order valence-electron chi connectivity index (χ3n) is 4.35. The van der Waals surface area contributed by atoms with Gasteiger partial charge in [0.2, 0.25) is 11.6 Å². The van der Waals surface area contributed by atoms with Crippen LogP contribution in [-0.4, -0.2) is 50.3 Å². The van der Waals surface area contributed by atoms with Gasteiger partial charge in [0, 0.05) is 25.2 Å². The van der Waals surface area contributed by atoms with E-state index in [9.17, 15) is 9.18 Å². The molecule has 8 heteroatoms. The monoisotopic (exact) mass is 340 g/mol. The normalized spacial score (nSPS) is 15.2. The highest BCUT2D eigenvalue weighted by Crippen LogP contribution is 2.23. The molecule has 1 aliphatic heterocycles. The van der Waals surface area contributed by atoms with Crippen LogP contribution in [0.25, 0.3) is 5.65 Å². The number of amides is 1. The maximum atomic E-state index is 13.8. The van der Waals surface area contributed by atoms with Gasteiger partial charge >= 0.3 is 0 Å². The fourth-order valence-electron chi connectivity index (χ4n) is 3.08. The van der Waals surface area contributed by atoms with E-state index in [-0.39, 0.29) is 24.8 Å². The van der Waals surface area contributed by atoms with Crippen LogP contribution in [0, 0.1) is 12.7 Å². The maximum absolute atomic E-state index is 13.8. The number of nitrogens with zero attached hydrogens (tertiary/aromatic N) is 6. The van der Waals surface area contributed by atoms with Crippen LogP contribution in [0.15, 0.2) is 36.7 Å². The van der Waals surface area contributed by atoms with Crippen LogP contribution >= 0.6 is 0 Å². The number of fused-ring (bicyclic) bond motifs is 1. The molecule has 25 heavy (non-hydrogen) atoms. The molecule has 0 atom stereocenters. The summed E-state index contributed by atoms with van der Waals surface area (Å²) in [6.07, 6.45) is 1.54. The third kappa shape index (κ3) is 2.90. The highest BCUT2D eigenvalue weighted by molar-refractivity contribution is 5.84. The highest BCUT2D eigenvalue weighted by Gasteiger charge is 2.26. The van der Waals surface area contributed by atoms with Crippen LogP contribution < -0.4 is 4.90 Å². The van der Waals surface area contributed by atoms with Gasteiger partial charge in [-0.15, -0.1) is 10.2 Å². The van der Waals surface area contributed by atoms with Gasteiger partial charge in [-0.2, -0.15) is 9.61 Å². The Morgan fingerprint density at radius 3 is 2.88 bits per heavy atom. The Hall–Kier alpha value is -3.03. The second-order valence-corrected chi connectivity index (χ2v) is 6.10. The number of aromatic nitrogens is 4. The van der Waals surface area contributed by atoms with Crippen LogP contribution in [0.2, 0.25) is 0 Å². The Labute approximate surface area is 143 Å². The van der Waals surface area contributed by atoms with Gasteiger partial charge in [-0.3, -0.25) is 4.79 Å². The van der Waals surface area contributed by atoms with Crippen LogP contribution in [0.4, 0.5) is 10.1 Å². The van der Waals surface area contributed by atoms with Crippen LogP contribution in [-0.2, 0) is 11.3 Å². The first-order valence-corrected chi connectivity index (χ1v) is 8.05. The molecule has 0 saturated carbocycles. The Balaban J connectivity index is 1.54. The number of hydrogen-bond donors (Lipinski definition) is 0. The van der Waals surface area contributed by atoms with Gasteiger partial charge < -0.3 is 9.80 Å². The molecule has 0 unspecified atom stereocenters. The lowest BCUT2D eigenvalue weighted by atomic mass is 10.1. The average Bonchev–Trinajstić information content (AvgIpc) is 3.06. The maximum Gasteiger partial charge on any atom is 0.242 e. The first-order chi connectivity index (χ1) is 12.1. The fourth-order valence-corrected chi connectivity index (χ4v) is 3.08. The van der Waals surface area contributed by atoms with Crippen molar-refractivity contribution in [1.82, 2.24) is 24.7 Å². The number of piperazine rings is 1. The van der Waals surface area contributed by atoms with Gasteiger partial charge in [0.05, 0.1) is 17.9 Å². The number of rotatable bonds is 3. The lowest BCUT2D eigenvalue weighted by Gasteiger charge is -2.35. The zero-order valence-electron chi connectivity index (χ0n) is 13.8. The van der Waals surface area contributed by atoms with E-state index in [1.165, 1.54) is 6.07 Å². The van der Waals surface area contributed by atoms with Gasteiger partial charge in [-0.25, -0.2) is 4.39 Å². The Kier molecular flexibility index (Phi) is 3.79. The fraction of sp³-hybridized carbons (Fsp3) is 0.294. The molecule has 1 saturated heterocycles. The van der Waals surface area contributed by atoms with Crippen molar-refractivity contribution in [3.63, 3.8) is 0 Å². The first kappa shape index (κ1) is 15.5. The summed E-state index contributed by atoms with van der Waals surface area (Å²) >= 11 is 0. The van der Waals surface area contributed by atoms with E-state index < -0.39 is 0 Å². The molecule has 0 N–H and O–H groups in total. The molecule has 0 aliphatic carbocycles. The summed E-state index contributed by atoms with van der Waals surface area (Å²) < 4.78 is 15.4. The predicted molar refractivity (Wildman–Crippen MR) is 89.5 cm³/mol. The summed E-state index contributed by atoms with van der Waals surface area (Å²) in [4.78, 5) is 16.2. The number of aryl methyl sites for hydroxylation is 1. The number of anilines is 1. The van der Waals surface area contributed by atoms with Crippen molar-refractivity contribution in [3.05, 3.63) is 53.7 Å². The summed E-state index contributed by atoms with van der Waals surface area (Å²) in [6.45, 7) is 3.57. The molecule has 0 radical (unpaired) electrons. The first-order valence-electron chi connectivity index (χ1n) is 8.05. The van der Waals surface area contributed by atoms with Crippen molar-refractivity contribution in [2.45, 2.75) is 13.5 Å². The third-order valence-corrected chi connectivity index (χ3v) is 4.35. The molecule has 2 aromatic heterocycles. The van der Waals surface area contributed by atoms with Crippen LogP contribution in [0.3, 0.4) is 0 Å². The number of carbonyl (C=O) groups excluding carboxylic acids is 1. The molecule has 1 aliphatic rings. The summed E-state index contributed by atoms with van der Waals surface area (Å²) in [5.41, 5.74) is 2.82. The van der Waals surface area contributed by atoms with E-state index in [0.29, 0.717) is 24.3 Å². The molecule has 4 rings (SSSR count). The van der Waals surface area contributed by atoms with Gasteiger partial charge in [0.25, 0.3) is 0 Å². The van der Waals surface area contributed by atoms with E-state index >= 15 is 0 Å². The summed E-state index contributed by atoms with van der Waals surface area (Å²) in [5, 5.41) is 12.3. The van der Waals surface area contributed by atoms with Gasteiger partial charge in [-0.1, -0.05) is 18.2 Å². The largest absolute Gasteiger partial charge is 0.357 e. The van der Waals surface area contributed by atoms with Crippen molar-refractivity contribution < 1.29 is 9.18 Å². The van der Waals surface area contributed by atoms with Crippen LogP contribution in [0.1, 0.15) is 11.3 Å². The smallest absolute Gasteiger partial charge is 0.242 e. The van der Waals surface area contributed by atoms with Crippen molar-refractivity contribution >= 4 is 17.2 Å². The molecule has 0 spiro atoms. The van der Waals surface area contributed by atoms with Gasteiger partial charge in [0.15, 0.2) is 0 Å². The van der Waals surface area contributed by atoms with E-state index in [4.69, 9.17) is 0 Å². The Bertz CT molecular complexity index is 940. The summed E-state index contributed by atoms with van der Waals surface area (Å²) in [6, 6.07) is 8.46. The van der Waals surface area contributed by atoms with Gasteiger partial charge in [-0.05, 0) is 19.1 Å². The molecular formula is C17H17FN6O. The standard InChI is InChI=1S/C17H17FN6O/c1-12-8-15(17-20-19-11-24(17)21-12)22-6-7-23(16(25)10-22)9-13-4-2-3-5-14(13)18/h2-5,8,11H,6-7,9-10H2,1H3. The van der Waals surface area contributed by atoms with E-state index in [1.807, 2.05) is 17.9 Å². The minimum atomic E-state index is -0.285. The molecular weight excluding hydrogens is 323 g/mol. The lowest BCUT2D eigenvalue weighted by Crippen LogP contribution is -2.50. The average molecular weight is 340 g/mol. The van der Waals surface area contributed by atoms with Crippen molar-refractivity contribution in [2.24, 2.45) is 0 Å². The van der Waals surface area contributed by atoms with E-state index in [0.717, 1.165) is 11.4 Å². The highest BCUT2D eigenvalue weighted by atomic mass is 19.1. The second kappa shape index (κ2) is 6.12. The zero-order chi connectivity index (χ0) is 17.4. The number of halogens is 1. The van der Waals surface area contributed by atoms with Crippen molar-refractivity contribution in [2.75, 3.05) is 24.5 Å². The molecule has 1 amide bonds. The Morgan fingerprint density at radius 1 is 1.24 bits per heavy atom. The van der Waals surface area contributed by atoms with Gasteiger partial charge in [0.1, 0.15) is 12.1 Å². The Morgan fingerprint density at radius 2 is 2.08 bits per heavy atom. The van der Waals surface area contributed by atoms with Crippen molar-refractivity contribution in [3.8, 4) is 0 Å². The SMILES string of the molecule is Cc1cc(N2CCN(Cc3ccccc3F)C(=O)C2)c2nncn2n1. The molecule has 1 fully saturated rings. The lowest BCUT2D eigenvalue weighted by molar-refractivity contribution is -0.131.